The highest BCUT2D eigenvalue weighted by molar-refractivity contribution is 5.88. The van der Waals surface area contributed by atoms with E-state index in [1.165, 1.54) is 13.5 Å². The second kappa shape index (κ2) is 13.0. The maximum atomic E-state index is 13.3. The van der Waals surface area contributed by atoms with Gasteiger partial charge in [0.1, 0.15) is 6.04 Å². The monoisotopic (exact) mass is 512 g/mol. The summed E-state index contributed by atoms with van der Waals surface area (Å²) < 4.78 is 11.2. The molecule has 0 bridgehead atoms. The highest BCUT2D eigenvalue weighted by atomic mass is 35.5. The Bertz CT molecular complexity index is 1050. The van der Waals surface area contributed by atoms with Gasteiger partial charge in [0.15, 0.2) is 0 Å². The van der Waals surface area contributed by atoms with Gasteiger partial charge in [-0.25, -0.2) is 4.79 Å². The van der Waals surface area contributed by atoms with Crippen LogP contribution < -0.4 is 5.73 Å². The molecule has 1 aliphatic heterocycles. The summed E-state index contributed by atoms with van der Waals surface area (Å²) >= 11 is 0. The lowest BCUT2D eigenvalue weighted by Gasteiger charge is -2.31. The van der Waals surface area contributed by atoms with Crippen molar-refractivity contribution in [2.24, 2.45) is 11.7 Å². The molecule has 1 heterocycles. The number of rotatable bonds is 8. The van der Waals surface area contributed by atoms with Crippen LogP contribution >= 0.6 is 12.4 Å². The number of hydrogen-bond donors (Lipinski definition) is 1. The number of benzene rings is 2. The largest absolute Gasteiger partial charge is 0.467 e. The Kier molecular flexibility index (Phi) is 10.1. The molecule has 2 fully saturated rings. The van der Waals surface area contributed by atoms with Crippen LogP contribution in [0.2, 0.25) is 0 Å². The zero-order valence-electron chi connectivity index (χ0n) is 20.9. The highest BCUT2D eigenvalue weighted by Crippen LogP contribution is 2.30. The van der Waals surface area contributed by atoms with Crippen molar-refractivity contribution >= 4 is 30.4 Å². The van der Waals surface area contributed by atoms with Gasteiger partial charge >= 0.3 is 5.97 Å². The van der Waals surface area contributed by atoms with Crippen molar-refractivity contribution in [2.45, 2.75) is 63.3 Å². The van der Waals surface area contributed by atoms with Crippen molar-refractivity contribution in [3.63, 3.8) is 0 Å². The summed E-state index contributed by atoms with van der Waals surface area (Å²) in [6, 6.07) is 15.2. The van der Waals surface area contributed by atoms with E-state index in [-0.39, 0.29) is 30.3 Å². The fourth-order valence-electron chi connectivity index (χ4n) is 5.31. The number of methoxy groups -OCH3 is 1. The van der Waals surface area contributed by atoms with E-state index < -0.39 is 18.1 Å². The molecule has 194 valence electrons. The van der Waals surface area contributed by atoms with Crippen molar-refractivity contribution in [2.75, 3.05) is 13.7 Å². The van der Waals surface area contributed by atoms with E-state index in [0.29, 0.717) is 19.6 Å². The number of nitrogens with zero attached hydrogens (tertiary/aromatic N) is 1. The van der Waals surface area contributed by atoms with Gasteiger partial charge in [-0.2, -0.15) is 0 Å². The van der Waals surface area contributed by atoms with Crippen molar-refractivity contribution in [1.82, 2.24) is 4.90 Å². The zero-order chi connectivity index (χ0) is 24.8. The number of amides is 1. The number of nitrogens with two attached hydrogens (primary N) is 1. The van der Waals surface area contributed by atoms with Gasteiger partial charge < -0.3 is 20.1 Å². The normalized spacial score (nSPS) is 20.9. The molecule has 2 aromatic carbocycles. The maximum absolute atomic E-state index is 13.3. The van der Waals surface area contributed by atoms with Gasteiger partial charge in [0.2, 0.25) is 5.91 Å². The molecule has 3 atom stereocenters. The van der Waals surface area contributed by atoms with Crippen LogP contribution in [0.15, 0.2) is 55.1 Å². The number of carbonyl (C=O) groups is 2. The molecule has 4 rings (SSSR count). The van der Waals surface area contributed by atoms with Crippen LogP contribution in [0.5, 0.6) is 0 Å². The van der Waals surface area contributed by atoms with Crippen LogP contribution in [0, 0.1) is 5.92 Å². The van der Waals surface area contributed by atoms with E-state index in [1.54, 1.807) is 4.90 Å². The number of ether oxygens (including phenoxy) is 2. The maximum Gasteiger partial charge on any atom is 0.328 e. The van der Waals surface area contributed by atoms with E-state index in [4.69, 9.17) is 15.2 Å². The molecule has 1 amide bonds. The second-order valence-corrected chi connectivity index (χ2v) is 9.65. The molecule has 2 N–H and O–H groups in total. The molecule has 0 radical (unpaired) electrons. The molecule has 7 heteroatoms. The van der Waals surface area contributed by atoms with Crippen LogP contribution in [0.4, 0.5) is 0 Å². The van der Waals surface area contributed by atoms with Gasteiger partial charge in [-0.1, -0.05) is 68.3 Å². The average Bonchev–Trinajstić information content (AvgIpc) is 3.35. The number of carbonyl (C=O) groups excluding carboxylic acids is 2. The van der Waals surface area contributed by atoms with E-state index in [1.807, 2.05) is 30.3 Å². The lowest BCUT2D eigenvalue weighted by Crippen LogP contribution is -2.52. The summed E-state index contributed by atoms with van der Waals surface area (Å²) in [4.78, 5) is 27.4. The van der Waals surface area contributed by atoms with Crippen molar-refractivity contribution < 1.29 is 19.1 Å². The smallest absolute Gasteiger partial charge is 0.328 e. The molecule has 1 aliphatic carbocycles. The van der Waals surface area contributed by atoms with Gasteiger partial charge in [0.25, 0.3) is 0 Å². The number of esters is 1. The van der Waals surface area contributed by atoms with E-state index in [0.717, 1.165) is 47.9 Å². The number of likely N-dealkylation sites (tertiary alicyclic amines) is 1. The molecule has 36 heavy (non-hydrogen) atoms. The third-order valence-electron chi connectivity index (χ3n) is 7.33. The lowest BCUT2D eigenvalue weighted by molar-refractivity contribution is -0.151. The lowest BCUT2D eigenvalue weighted by atomic mass is 9.83. The molecule has 0 spiro atoms. The quantitative estimate of drug-likeness (QED) is 0.504. The molecule has 1 saturated carbocycles. The molecular formula is C29H37ClN2O4. The fraction of sp³-hybridized carbons (Fsp3) is 0.448. The van der Waals surface area contributed by atoms with Gasteiger partial charge in [-0.3, -0.25) is 4.79 Å². The van der Waals surface area contributed by atoms with Gasteiger partial charge in [0.05, 0.1) is 25.9 Å². The Hall–Kier alpha value is -2.67. The summed E-state index contributed by atoms with van der Waals surface area (Å²) in [5, 5.41) is 0. The minimum atomic E-state index is -0.653. The Morgan fingerprint density at radius 3 is 2.50 bits per heavy atom. The van der Waals surface area contributed by atoms with E-state index in [2.05, 4.69) is 30.8 Å². The topological polar surface area (TPSA) is 81.9 Å². The molecule has 0 aromatic heterocycles. The minimum absolute atomic E-state index is 0. The zero-order valence-corrected chi connectivity index (χ0v) is 21.8. The van der Waals surface area contributed by atoms with Crippen LogP contribution in [0.1, 0.15) is 49.7 Å². The third-order valence-corrected chi connectivity index (χ3v) is 7.33. The van der Waals surface area contributed by atoms with Crippen LogP contribution in [-0.2, 0) is 25.7 Å². The highest BCUT2D eigenvalue weighted by Gasteiger charge is 2.43. The summed E-state index contributed by atoms with van der Waals surface area (Å²) in [5.74, 6) is -0.399. The number of hydrogen-bond acceptors (Lipinski definition) is 5. The van der Waals surface area contributed by atoms with E-state index >= 15 is 0 Å². The van der Waals surface area contributed by atoms with Gasteiger partial charge in [-0.15, -0.1) is 12.4 Å². The Morgan fingerprint density at radius 2 is 1.81 bits per heavy atom. The molecular weight excluding hydrogens is 476 g/mol. The standard InChI is InChI=1S/C29H36N2O4.ClH/c1-3-20-9-7-13-23(15-20)24-14-8-10-21(16-24)19-35-25-17-26(29(33)34-2)31(18-25)28(32)27(30)22-11-5-4-6-12-22;/h3,7-10,13-16,22,25-27H,1,4-6,11-12,17-19,30H2,2H3;1H/t25-,26+,27+;/m1./s1. The Balaban J connectivity index is 0.00000361. The predicted molar refractivity (Wildman–Crippen MR) is 144 cm³/mol. The summed E-state index contributed by atoms with van der Waals surface area (Å²) in [7, 11) is 1.35. The molecule has 1 saturated heterocycles. The average molecular weight is 513 g/mol. The van der Waals surface area contributed by atoms with Crippen molar-refractivity contribution in [3.05, 3.63) is 66.2 Å². The Morgan fingerprint density at radius 1 is 1.11 bits per heavy atom. The fourth-order valence-corrected chi connectivity index (χ4v) is 5.31. The van der Waals surface area contributed by atoms with Crippen LogP contribution in [0.3, 0.4) is 0 Å². The van der Waals surface area contributed by atoms with Crippen molar-refractivity contribution in [1.29, 1.82) is 0 Å². The first kappa shape index (κ1) is 27.9. The minimum Gasteiger partial charge on any atom is -0.467 e. The summed E-state index contributed by atoms with van der Waals surface area (Å²) in [6.45, 7) is 4.59. The van der Waals surface area contributed by atoms with Crippen LogP contribution in [0.25, 0.3) is 17.2 Å². The molecule has 2 aliphatic rings. The summed E-state index contributed by atoms with van der Waals surface area (Å²) in [6.07, 6.45) is 7.34. The predicted octanol–water partition coefficient (Wildman–Crippen LogP) is 4.99. The SMILES string of the molecule is C=Cc1cccc(-c2cccc(CO[C@@H]3C[C@@H](C(=O)OC)N(C(=O)[C@@H](N)C4CCCCC4)C3)c2)c1.Cl. The summed E-state index contributed by atoms with van der Waals surface area (Å²) in [5.41, 5.74) is 10.7. The second-order valence-electron chi connectivity index (χ2n) is 9.65. The molecule has 0 unspecified atom stereocenters. The van der Waals surface area contributed by atoms with Crippen LogP contribution in [-0.4, -0.2) is 48.6 Å². The first-order valence-corrected chi connectivity index (χ1v) is 12.6. The van der Waals surface area contributed by atoms with Gasteiger partial charge in [0, 0.05) is 13.0 Å². The Labute approximate surface area is 220 Å². The first-order valence-electron chi connectivity index (χ1n) is 12.6. The van der Waals surface area contributed by atoms with Crippen molar-refractivity contribution in [3.8, 4) is 11.1 Å². The number of halogens is 1. The third kappa shape index (κ3) is 6.55. The van der Waals surface area contributed by atoms with E-state index in [9.17, 15) is 9.59 Å². The van der Waals surface area contributed by atoms with Gasteiger partial charge in [-0.05, 0) is 53.1 Å². The molecule has 6 nitrogen and oxygen atoms in total. The first-order chi connectivity index (χ1) is 17.0. The molecule has 2 aromatic rings.